The lowest BCUT2D eigenvalue weighted by Crippen LogP contribution is -2.65. The van der Waals surface area contributed by atoms with E-state index in [0.717, 1.165) is 24.7 Å². The van der Waals surface area contributed by atoms with Crippen LogP contribution in [-0.2, 0) is 36.7 Å². The Morgan fingerprint density at radius 1 is 1.17 bits per heavy atom. The zero-order chi connectivity index (χ0) is 33.5. The summed E-state index contributed by atoms with van der Waals surface area (Å²) in [5.41, 5.74) is 0.553. The maximum atomic E-state index is 14.0. The standard InChI is InChI=1S/C32H44BN7O7/c1-20(41)36-23(16-21-10-6-5-7-11-21)29(43)38-14-8-12-24(38)28(42)37-27(13-9-15-39-30(40(44)45)34-19-35-39)33-46-26-18-22-17-25(31(22,2)3)32(26,4)47-33/h5-7,10-11,19,22-27H,8-9,12-18H2,1-4H3,(H,36,41)(H,37,42)/t22?,23-,24+,25?,26-,27+,32+/m1/s1. The van der Waals surface area contributed by atoms with E-state index in [1.54, 1.807) is 4.90 Å². The van der Waals surface area contributed by atoms with Crippen LogP contribution in [-0.4, -0.2) is 85.7 Å². The minimum atomic E-state index is -0.808. The number of hydrogen-bond acceptors (Lipinski definition) is 9. The number of benzene rings is 1. The third kappa shape index (κ3) is 6.39. The van der Waals surface area contributed by atoms with Gasteiger partial charge in [-0.05, 0) is 73.2 Å². The van der Waals surface area contributed by atoms with Gasteiger partial charge in [0.1, 0.15) is 12.1 Å². The van der Waals surface area contributed by atoms with Crippen molar-refractivity contribution in [3.05, 3.63) is 52.3 Å². The van der Waals surface area contributed by atoms with Gasteiger partial charge in [-0.15, -0.1) is 4.68 Å². The van der Waals surface area contributed by atoms with Crippen molar-refractivity contribution < 1.29 is 28.6 Å². The number of hydrogen-bond donors (Lipinski definition) is 2. The van der Waals surface area contributed by atoms with Gasteiger partial charge in [-0.3, -0.25) is 14.4 Å². The Hall–Kier alpha value is -3.85. The first-order chi connectivity index (χ1) is 22.4. The van der Waals surface area contributed by atoms with Gasteiger partial charge >= 0.3 is 13.1 Å². The Morgan fingerprint density at radius 2 is 1.94 bits per heavy atom. The van der Waals surface area contributed by atoms with Crippen molar-refractivity contribution in [2.75, 3.05) is 6.54 Å². The Kier molecular flexibility index (Phi) is 9.14. The number of rotatable bonds is 12. The number of aryl methyl sites for hydroxylation is 1. The number of amides is 3. The molecule has 7 atom stereocenters. The van der Waals surface area contributed by atoms with E-state index < -0.39 is 35.7 Å². The second-order valence-corrected chi connectivity index (χ2v) is 14.3. The Morgan fingerprint density at radius 3 is 2.64 bits per heavy atom. The van der Waals surface area contributed by atoms with Crippen LogP contribution in [0.2, 0.25) is 0 Å². The molecule has 14 nitrogen and oxygen atoms in total. The van der Waals surface area contributed by atoms with E-state index in [2.05, 4.69) is 41.5 Å². The van der Waals surface area contributed by atoms with Crippen LogP contribution in [0.25, 0.3) is 0 Å². The average Bonchev–Trinajstić information content (AvgIpc) is 3.78. The van der Waals surface area contributed by atoms with Crippen LogP contribution in [0, 0.1) is 27.4 Å². The van der Waals surface area contributed by atoms with Gasteiger partial charge in [0.15, 0.2) is 0 Å². The Bertz CT molecular complexity index is 1510. The molecular formula is C32H44BN7O7. The molecule has 2 N–H and O–H groups in total. The van der Waals surface area contributed by atoms with Crippen molar-refractivity contribution in [2.24, 2.45) is 17.3 Å². The zero-order valence-corrected chi connectivity index (χ0v) is 27.5. The lowest BCUT2D eigenvalue weighted by atomic mass is 9.43. The first-order valence-electron chi connectivity index (χ1n) is 16.7. The Balaban J connectivity index is 1.18. The van der Waals surface area contributed by atoms with Gasteiger partial charge in [-0.2, -0.15) is 0 Å². The van der Waals surface area contributed by atoms with Gasteiger partial charge in [-0.25, -0.2) is 0 Å². The van der Waals surface area contributed by atoms with Gasteiger partial charge in [0.2, 0.25) is 24.0 Å². The molecular weight excluding hydrogens is 605 g/mol. The van der Waals surface area contributed by atoms with Crippen LogP contribution in [0.3, 0.4) is 0 Å². The Labute approximate surface area is 274 Å². The molecule has 7 rings (SSSR count). The molecule has 2 unspecified atom stereocenters. The third-order valence-corrected chi connectivity index (χ3v) is 11.1. The summed E-state index contributed by atoms with van der Waals surface area (Å²) < 4.78 is 14.5. The van der Waals surface area contributed by atoms with Gasteiger partial charge in [-0.1, -0.05) is 54.3 Å². The molecule has 2 bridgehead atoms. The first-order valence-corrected chi connectivity index (χ1v) is 16.7. The summed E-state index contributed by atoms with van der Waals surface area (Å²) >= 11 is 0. The molecule has 3 aliphatic carbocycles. The van der Waals surface area contributed by atoms with Gasteiger partial charge < -0.3 is 35.0 Å². The van der Waals surface area contributed by atoms with Crippen molar-refractivity contribution >= 4 is 30.8 Å². The number of nitro groups is 1. The lowest BCUT2D eigenvalue weighted by Gasteiger charge is -2.64. The summed E-state index contributed by atoms with van der Waals surface area (Å²) in [4.78, 5) is 56.1. The second-order valence-electron chi connectivity index (χ2n) is 14.3. The number of nitrogens with zero attached hydrogens (tertiary/aromatic N) is 5. The molecule has 3 saturated carbocycles. The quantitative estimate of drug-likeness (QED) is 0.199. The van der Waals surface area contributed by atoms with Crippen molar-refractivity contribution in [2.45, 2.75) is 109 Å². The SMILES string of the molecule is CC(=O)N[C@H](Cc1ccccc1)C(=O)N1CCC[C@H]1C(=O)N[C@@H](CCCn1ncnc1[N+](=O)[O-])B1O[C@@H]2CC3CC(C3(C)C)[C@]2(C)O1. The van der Waals surface area contributed by atoms with Gasteiger partial charge in [0.05, 0.1) is 24.2 Å². The molecule has 47 heavy (non-hydrogen) atoms. The van der Waals surface area contributed by atoms with Crippen molar-refractivity contribution in [1.29, 1.82) is 0 Å². The van der Waals surface area contributed by atoms with E-state index in [4.69, 9.17) is 9.31 Å². The molecule has 3 heterocycles. The molecule has 0 spiro atoms. The third-order valence-electron chi connectivity index (χ3n) is 11.1. The highest BCUT2D eigenvalue weighted by Crippen LogP contribution is 2.65. The number of carbonyl (C=O) groups excluding carboxylic acids is 3. The highest BCUT2D eigenvalue weighted by atomic mass is 16.7. The molecule has 5 aliphatic rings. The van der Waals surface area contributed by atoms with E-state index in [9.17, 15) is 24.5 Å². The molecule has 1 aromatic heterocycles. The number of carbonyl (C=O) groups is 3. The predicted molar refractivity (Wildman–Crippen MR) is 170 cm³/mol. The summed E-state index contributed by atoms with van der Waals surface area (Å²) in [6, 6.07) is 7.92. The molecule has 5 fully saturated rings. The number of likely N-dealkylation sites (tertiary alicyclic amines) is 1. The first kappa shape index (κ1) is 33.1. The summed E-state index contributed by atoms with van der Waals surface area (Å²) in [7, 11) is -0.717. The molecule has 252 valence electrons. The molecule has 3 amide bonds. The summed E-state index contributed by atoms with van der Waals surface area (Å²) in [6.07, 6.45) is 5.31. The van der Waals surface area contributed by atoms with E-state index >= 15 is 0 Å². The van der Waals surface area contributed by atoms with E-state index in [0.29, 0.717) is 50.5 Å². The van der Waals surface area contributed by atoms with Crippen LogP contribution in [0.5, 0.6) is 0 Å². The monoisotopic (exact) mass is 649 g/mol. The smallest absolute Gasteiger partial charge is 0.404 e. The van der Waals surface area contributed by atoms with Crippen molar-refractivity contribution in [1.82, 2.24) is 30.3 Å². The fraction of sp³-hybridized carbons (Fsp3) is 0.656. The zero-order valence-electron chi connectivity index (χ0n) is 27.5. The van der Waals surface area contributed by atoms with Crippen LogP contribution in [0.1, 0.15) is 71.8 Å². The summed E-state index contributed by atoms with van der Waals surface area (Å²) in [6.45, 7) is 8.68. The van der Waals surface area contributed by atoms with Gasteiger partial charge in [0.25, 0.3) is 0 Å². The molecule has 0 radical (unpaired) electrons. The highest BCUT2D eigenvalue weighted by Gasteiger charge is 2.68. The number of nitrogens with one attached hydrogen (secondary N) is 2. The number of aromatic nitrogens is 3. The minimum Gasteiger partial charge on any atom is -0.404 e. The topological polar surface area (TPSA) is 171 Å². The summed E-state index contributed by atoms with van der Waals surface area (Å²) in [5.74, 6) is -0.963. The minimum absolute atomic E-state index is 0.0963. The summed E-state index contributed by atoms with van der Waals surface area (Å²) in [5, 5.41) is 21.3. The van der Waals surface area contributed by atoms with Gasteiger partial charge in [0, 0.05) is 19.9 Å². The van der Waals surface area contributed by atoms with Crippen LogP contribution < -0.4 is 10.6 Å². The van der Waals surface area contributed by atoms with E-state index in [1.807, 2.05) is 30.3 Å². The molecule has 2 saturated heterocycles. The fourth-order valence-corrected chi connectivity index (χ4v) is 8.44. The molecule has 2 aromatic rings. The second kappa shape index (κ2) is 13.0. The predicted octanol–water partition coefficient (Wildman–Crippen LogP) is 2.46. The average molecular weight is 650 g/mol. The fourth-order valence-electron chi connectivity index (χ4n) is 8.44. The van der Waals surface area contributed by atoms with Crippen molar-refractivity contribution in [3.8, 4) is 0 Å². The van der Waals surface area contributed by atoms with E-state index in [-0.39, 0.29) is 41.7 Å². The molecule has 15 heteroatoms. The van der Waals surface area contributed by atoms with Crippen LogP contribution in [0.15, 0.2) is 36.7 Å². The molecule has 2 aliphatic heterocycles. The maximum Gasteiger partial charge on any atom is 0.481 e. The van der Waals surface area contributed by atoms with Crippen molar-refractivity contribution in [3.63, 3.8) is 0 Å². The molecule has 1 aromatic carbocycles. The van der Waals surface area contributed by atoms with E-state index in [1.165, 1.54) is 11.6 Å². The van der Waals surface area contributed by atoms with Crippen LogP contribution >= 0.6 is 0 Å². The van der Waals surface area contributed by atoms with Crippen LogP contribution in [0.4, 0.5) is 5.95 Å². The normalized spacial score (nSPS) is 28.6. The maximum absolute atomic E-state index is 14.0. The largest absolute Gasteiger partial charge is 0.481 e. The lowest BCUT2D eigenvalue weighted by molar-refractivity contribution is -0.397. The highest BCUT2D eigenvalue weighted by molar-refractivity contribution is 6.47.